The Morgan fingerprint density at radius 3 is 2.48 bits per heavy atom. The Morgan fingerprint density at radius 2 is 1.82 bits per heavy atom. The lowest BCUT2D eigenvalue weighted by atomic mass is 10.0. The third kappa shape index (κ3) is 9.51. The summed E-state index contributed by atoms with van der Waals surface area (Å²) in [6.45, 7) is 2.06. The highest BCUT2D eigenvalue weighted by Gasteiger charge is 2.40. The summed E-state index contributed by atoms with van der Waals surface area (Å²) >= 11 is 0. The van der Waals surface area contributed by atoms with Gasteiger partial charge in [-0.2, -0.15) is 17.4 Å². The summed E-state index contributed by atoms with van der Waals surface area (Å²) in [6, 6.07) is 7.53. The van der Waals surface area contributed by atoms with E-state index in [1.807, 2.05) is 30.3 Å². The van der Waals surface area contributed by atoms with Crippen LogP contribution in [0.3, 0.4) is 0 Å². The summed E-state index contributed by atoms with van der Waals surface area (Å²) in [4.78, 5) is 44.5. The average molecular weight is 637 g/mol. The third-order valence-electron chi connectivity index (χ3n) is 8.06. The van der Waals surface area contributed by atoms with Crippen molar-refractivity contribution in [2.45, 2.75) is 56.8 Å². The van der Waals surface area contributed by atoms with Gasteiger partial charge in [0.1, 0.15) is 12.6 Å². The van der Waals surface area contributed by atoms with Crippen LogP contribution in [0.15, 0.2) is 30.3 Å². The van der Waals surface area contributed by atoms with Gasteiger partial charge in [-0.15, -0.1) is 0 Å². The summed E-state index contributed by atoms with van der Waals surface area (Å²) < 4.78 is 40.9. The number of nitrogens with one attached hydrogen (secondary N) is 3. The summed E-state index contributed by atoms with van der Waals surface area (Å²) in [5.41, 5.74) is 6.50. The van der Waals surface area contributed by atoms with E-state index in [4.69, 9.17) is 20.6 Å². The van der Waals surface area contributed by atoms with Crippen LogP contribution in [-0.2, 0) is 35.9 Å². The first-order valence-electron chi connectivity index (χ1n) is 15.0. The zero-order valence-electron chi connectivity index (χ0n) is 25.2. The van der Waals surface area contributed by atoms with Gasteiger partial charge in [-0.25, -0.2) is 4.79 Å². The molecule has 1 aromatic carbocycles. The SMILES string of the molecule is CN(C(=O)C[C@H](NS(=O)(=O)N1CCOCC1)C(=O)N(CCNC(=O)OCc1ccccc1)C1CC1)[C@H]1CCCN(C(=N)N)C1. The van der Waals surface area contributed by atoms with E-state index in [2.05, 4.69) is 10.0 Å². The monoisotopic (exact) mass is 636 g/mol. The Morgan fingerprint density at radius 1 is 1.11 bits per heavy atom. The maximum absolute atomic E-state index is 13.9. The van der Waals surface area contributed by atoms with Gasteiger partial charge in [0.2, 0.25) is 11.8 Å². The molecule has 4 rings (SSSR count). The molecule has 3 amide bonds. The van der Waals surface area contributed by atoms with Gasteiger partial charge in [-0.3, -0.25) is 15.0 Å². The molecule has 0 spiro atoms. The number of morpholine rings is 1. The molecule has 1 aliphatic carbocycles. The molecule has 5 N–H and O–H groups in total. The predicted octanol–water partition coefficient (Wildman–Crippen LogP) is -0.355. The number of guanidine groups is 1. The number of hydrogen-bond acceptors (Lipinski definition) is 8. The van der Waals surface area contributed by atoms with Crippen molar-refractivity contribution in [3.63, 3.8) is 0 Å². The molecule has 1 aromatic rings. The largest absolute Gasteiger partial charge is 0.445 e. The lowest BCUT2D eigenvalue weighted by Gasteiger charge is -2.38. The van der Waals surface area contributed by atoms with Crippen molar-refractivity contribution >= 4 is 34.1 Å². The van der Waals surface area contributed by atoms with Gasteiger partial charge in [-0.1, -0.05) is 30.3 Å². The van der Waals surface area contributed by atoms with E-state index >= 15 is 0 Å². The number of benzene rings is 1. The summed E-state index contributed by atoms with van der Waals surface area (Å²) in [5.74, 6) is -0.999. The molecule has 2 aliphatic heterocycles. The fraction of sp³-hybridized carbons (Fsp3) is 0.643. The molecule has 0 unspecified atom stereocenters. The molecule has 2 saturated heterocycles. The number of ether oxygens (including phenoxy) is 2. The molecule has 244 valence electrons. The molecule has 3 aliphatic rings. The number of carbonyl (C=O) groups is 3. The maximum Gasteiger partial charge on any atom is 0.407 e. The van der Waals surface area contributed by atoms with E-state index in [1.165, 1.54) is 14.1 Å². The molecule has 0 aromatic heterocycles. The minimum absolute atomic E-state index is 0.0699. The van der Waals surface area contributed by atoms with Gasteiger partial charge in [0.05, 0.1) is 19.6 Å². The van der Waals surface area contributed by atoms with Crippen LogP contribution in [0.2, 0.25) is 0 Å². The molecule has 0 bridgehead atoms. The molecule has 44 heavy (non-hydrogen) atoms. The molecule has 15 nitrogen and oxygen atoms in total. The summed E-state index contributed by atoms with van der Waals surface area (Å²) in [7, 11) is -2.48. The highest BCUT2D eigenvalue weighted by molar-refractivity contribution is 7.87. The van der Waals surface area contributed by atoms with Crippen molar-refractivity contribution in [3.05, 3.63) is 35.9 Å². The zero-order valence-corrected chi connectivity index (χ0v) is 26.0. The average Bonchev–Trinajstić information content (AvgIpc) is 3.87. The maximum atomic E-state index is 13.9. The van der Waals surface area contributed by atoms with Gasteiger partial charge < -0.3 is 35.2 Å². The number of rotatable bonds is 13. The van der Waals surface area contributed by atoms with E-state index in [9.17, 15) is 22.8 Å². The van der Waals surface area contributed by atoms with E-state index in [-0.39, 0.29) is 70.5 Å². The Kier molecular flexibility index (Phi) is 11.8. The number of nitrogens with two attached hydrogens (primary N) is 1. The first-order chi connectivity index (χ1) is 21.0. The van der Waals surface area contributed by atoms with E-state index < -0.39 is 34.2 Å². The van der Waals surface area contributed by atoms with Crippen LogP contribution in [0.1, 0.15) is 37.7 Å². The molecule has 16 heteroatoms. The minimum atomic E-state index is -4.11. The summed E-state index contributed by atoms with van der Waals surface area (Å²) in [5, 5.41) is 10.4. The number of likely N-dealkylation sites (N-methyl/N-ethyl adjacent to an activating group) is 1. The Labute approximate surface area is 258 Å². The first-order valence-corrected chi connectivity index (χ1v) is 16.4. The van der Waals surface area contributed by atoms with E-state index in [0.29, 0.717) is 19.5 Å². The van der Waals surface area contributed by atoms with Crippen LogP contribution >= 0.6 is 0 Å². The van der Waals surface area contributed by atoms with Gasteiger partial charge in [0.15, 0.2) is 5.96 Å². The fourth-order valence-corrected chi connectivity index (χ4v) is 6.67. The Bertz CT molecular complexity index is 1260. The minimum Gasteiger partial charge on any atom is -0.445 e. The molecule has 3 fully saturated rings. The van der Waals surface area contributed by atoms with Crippen molar-refractivity contribution in [2.24, 2.45) is 5.73 Å². The molecular weight excluding hydrogens is 592 g/mol. The second kappa shape index (κ2) is 15.5. The van der Waals surface area contributed by atoms with Crippen LogP contribution in [-0.4, -0.2) is 129 Å². The van der Waals surface area contributed by atoms with Crippen LogP contribution in [0.4, 0.5) is 4.79 Å². The fourth-order valence-electron chi connectivity index (χ4n) is 5.34. The van der Waals surface area contributed by atoms with Gasteiger partial charge in [0.25, 0.3) is 10.2 Å². The number of nitrogens with zero attached hydrogens (tertiary/aromatic N) is 4. The van der Waals surface area contributed by atoms with Crippen LogP contribution < -0.4 is 15.8 Å². The van der Waals surface area contributed by atoms with Crippen molar-refractivity contribution in [3.8, 4) is 0 Å². The number of amides is 3. The van der Waals surface area contributed by atoms with Crippen LogP contribution in [0.25, 0.3) is 0 Å². The quantitative estimate of drug-likeness (QED) is 0.166. The molecule has 2 heterocycles. The van der Waals surface area contributed by atoms with E-state index in [0.717, 1.165) is 24.8 Å². The van der Waals surface area contributed by atoms with Crippen molar-refractivity contribution in [1.82, 2.24) is 29.0 Å². The third-order valence-corrected chi connectivity index (χ3v) is 9.69. The Hall–Kier alpha value is -3.47. The number of alkyl carbamates (subject to hydrolysis) is 1. The second-order valence-electron chi connectivity index (χ2n) is 11.3. The number of piperidine rings is 1. The lowest BCUT2D eigenvalue weighted by Crippen LogP contribution is -2.57. The second-order valence-corrected chi connectivity index (χ2v) is 13.0. The smallest absolute Gasteiger partial charge is 0.407 e. The van der Waals surface area contributed by atoms with Crippen molar-refractivity contribution < 1.29 is 32.3 Å². The zero-order chi connectivity index (χ0) is 31.7. The normalized spacial score (nSPS) is 19.9. The van der Waals surface area contributed by atoms with Crippen LogP contribution in [0.5, 0.6) is 0 Å². The van der Waals surface area contributed by atoms with Gasteiger partial charge in [0, 0.05) is 58.4 Å². The van der Waals surface area contributed by atoms with Crippen molar-refractivity contribution in [1.29, 1.82) is 5.41 Å². The number of hydrogen-bond donors (Lipinski definition) is 4. The number of likely N-dealkylation sites (tertiary alicyclic amines) is 1. The molecular formula is C28H44N8O7S. The molecule has 2 atom stereocenters. The molecule has 0 radical (unpaired) electrons. The topological polar surface area (TPSA) is 191 Å². The van der Waals surface area contributed by atoms with Crippen LogP contribution in [0, 0.1) is 5.41 Å². The highest BCUT2D eigenvalue weighted by Crippen LogP contribution is 2.28. The van der Waals surface area contributed by atoms with Gasteiger partial charge in [-0.05, 0) is 31.2 Å². The molecule has 1 saturated carbocycles. The van der Waals surface area contributed by atoms with Gasteiger partial charge >= 0.3 is 6.09 Å². The van der Waals surface area contributed by atoms with E-state index in [1.54, 1.807) is 11.9 Å². The predicted molar refractivity (Wildman–Crippen MR) is 161 cm³/mol. The highest BCUT2D eigenvalue weighted by atomic mass is 32.2. The van der Waals surface area contributed by atoms with Crippen molar-refractivity contribution in [2.75, 3.05) is 59.5 Å². The first kappa shape index (κ1) is 33.4. The number of carbonyl (C=O) groups excluding carboxylic acids is 3. The summed E-state index contributed by atoms with van der Waals surface area (Å²) in [6.07, 6.45) is 1.90. The lowest BCUT2D eigenvalue weighted by molar-refractivity contribution is -0.139. The standard InChI is InChI=1S/C28H44N8O7S/c1-33(23-8-5-12-34(19-23)27(29)30)25(37)18-24(32-44(40,41)35-14-16-42-17-15-35)26(38)36(22-9-10-22)13-11-31-28(39)43-20-21-6-3-2-4-7-21/h2-4,6-7,22-24,32H,5,8-20H2,1H3,(H3,29,30)(H,31,39)/t23-,24-/m0/s1. The Balaban J connectivity index is 1.41.